The topological polar surface area (TPSA) is 79.4 Å². The summed E-state index contributed by atoms with van der Waals surface area (Å²) in [6.45, 7) is -0.0579. The summed E-state index contributed by atoms with van der Waals surface area (Å²) in [7, 11) is -4.01. The highest BCUT2D eigenvalue weighted by Crippen LogP contribution is 2.47. The lowest BCUT2D eigenvalue weighted by Gasteiger charge is -2.23. The van der Waals surface area contributed by atoms with Gasteiger partial charge in [0.05, 0.1) is 4.90 Å². The van der Waals surface area contributed by atoms with E-state index in [0.717, 1.165) is 12.0 Å². The van der Waals surface area contributed by atoms with E-state index in [1.54, 1.807) is 42.7 Å². The summed E-state index contributed by atoms with van der Waals surface area (Å²) in [6.07, 6.45) is 4.18. The van der Waals surface area contributed by atoms with Crippen molar-refractivity contribution >= 4 is 44.8 Å². The molecule has 1 heterocycles. The van der Waals surface area contributed by atoms with Crippen molar-refractivity contribution in [3.63, 3.8) is 0 Å². The Morgan fingerprint density at radius 2 is 1.64 bits per heavy atom. The minimum absolute atomic E-state index is 0.0119. The van der Waals surface area contributed by atoms with Crippen LogP contribution >= 0.6 is 23.2 Å². The lowest BCUT2D eigenvalue weighted by molar-refractivity contribution is -0.117. The number of rotatable bonds is 9. The van der Waals surface area contributed by atoms with Gasteiger partial charge in [0.1, 0.15) is 5.82 Å². The number of amides is 1. The molecule has 1 aliphatic carbocycles. The molecular formula is C29H24Cl2FN3O3S. The minimum Gasteiger partial charge on any atom is -0.326 e. The highest BCUT2D eigenvalue weighted by Gasteiger charge is 2.43. The van der Waals surface area contributed by atoms with Gasteiger partial charge in [0.15, 0.2) is 0 Å². The quantitative estimate of drug-likeness (QED) is 0.239. The van der Waals surface area contributed by atoms with Crippen LogP contribution in [0.4, 0.5) is 10.1 Å². The van der Waals surface area contributed by atoms with Gasteiger partial charge in [0.25, 0.3) is 0 Å². The second kappa shape index (κ2) is 11.4. The molecule has 1 amide bonds. The van der Waals surface area contributed by atoms with Gasteiger partial charge in [-0.15, -0.1) is 0 Å². The second-order valence-electron chi connectivity index (χ2n) is 9.38. The van der Waals surface area contributed by atoms with E-state index in [-0.39, 0.29) is 35.7 Å². The van der Waals surface area contributed by atoms with Gasteiger partial charge in [-0.2, -0.15) is 4.31 Å². The van der Waals surface area contributed by atoms with Gasteiger partial charge >= 0.3 is 0 Å². The van der Waals surface area contributed by atoms with E-state index >= 15 is 0 Å². The molecule has 1 aliphatic rings. The summed E-state index contributed by atoms with van der Waals surface area (Å²) in [5.74, 6) is -0.502. The fourth-order valence-corrected chi connectivity index (χ4v) is 6.21. The van der Waals surface area contributed by atoms with Crippen LogP contribution in [-0.4, -0.2) is 23.6 Å². The Labute approximate surface area is 236 Å². The summed E-state index contributed by atoms with van der Waals surface area (Å²) in [5.41, 5.74) is 2.72. The lowest BCUT2D eigenvalue weighted by atomic mass is 10.1. The Hall–Kier alpha value is -3.30. The first-order valence-electron chi connectivity index (χ1n) is 12.2. The number of halogens is 3. The summed E-state index contributed by atoms with van der Waals surface area (Å²) in [5, 5.41) is 3.68. The van der Waals surface area contributed by atoms with Crippen LogP contribution in [0.1, 0.15) is 29.0 Å². The normalized spacial score (nSPS) is 16.7. The molecule has 6 nitrogen and oxygen atoms in total. The molecule has 1 N–H and O–H groups in total. The molecule has 0 radical (unpaired) electrons. The maximum absolute atomic E-state index is 13.7. The first-order valence-corrected chi connectivity index (χ1v) is 14.4. The van der Waals surface area contributed by atoms with Crippen LogP contribution in [0.3, 0.4) is 0 Å². The summed E-state index contributed by atoms with van der Waals surface area (Å²) in [6, 6.07) is 20.3. The monoisotopic (exact) mass is 583 g/mol. The van der Waals surface area contributed by atoms with Gasteiger partial charge in [-0.05, 0) is 95.8 Å². The van der Waals surface area contributed by atoms with Gasteiger partial charge in [0, 0.05) is 47.1 Å². The van der Waals surface area contributed by atoms with Crippen molar-refractivity contribution in [3.05, 3.63) is 124 Å². The van der Waals surface area contributed by atoms with E-state index in [1.807, 2.05) is 12.1 Å². The first-order chi connectivity index (χ1) is 18.7. The number of nitrogens with zero attached hydrogens (tertiary/aromatic N) is 2. The van der Waals surface area contributed by atoms with Gasteiger partial charge < -0.3 is 5.32 Å². The van der Waals surface area contributed by atoms with E-state index in [0.29, 0.717) is 26.9 Å². The molecule has 0 aliphatic heterocycles. The number of carbonyl (C=O) groups is 1. The molecule has 39 heavy (non-hydrogen) atoms. The van der Waals surface area contributed by atoms with Crippen LogP contribution in [0, 0.1) is 11.7 Å². The maximum atomic E-state index is 13.7. The van der Waals surface area contributed by atoms with Crippen LogP contribution in [0.2, 0.25) is 10.0 Å². The van der Waals surface area contributed by atoms with Crippen LogP contribution < -0.4 is 5.32 Å². The fraction of sp³-hybridized carbons (Fsp3) is 0.172. The van der Waals surface area contributed by atoms with Crippen LogP contribution in [0.25, 0.3) is 0 Å². The van der Waals surface area contributed by atoms with Crippen molar-refractivity contribution in [2.24, 2.45) is 5.92 Å². The predicted octanol–water partition coefficient (Wildman–Crippen LogP) is 6.66. The number of hydrogen-bond acceptors (Lipinski definition) is 4. The number of sulfonamides is 1. The molecule has 1 aromatic heterocycles. The average molecular weight is 585 g/mol. The van der Waals surface area contributed by atoms with E-state index in [2.05, 4.69) is 10.3 Å². The number of nitrogens with one attached hydrogen (secondary N) is 1. The van der Waals surface area contributed by atoms with Crippen LogP contribution in [0.5, 0.6) is 0 Å². The Kier molecular flexibility index (Phi) is 8.00. The van der Waals surface area contributed by atoms with Crippen molar-refractivity contribution < 1.29 is 17.6 Å². The van der Waals surface area contributed by atoms with Crippen LogP contribution in [-0.2, 0) is 27.9 Å². The summed E-state index contributed by atoms with van der Waals surface area (Å²) < 4.78 is 42.2. The number of anilines is 1. The van der Waals surface area contributed by atoms with Gasteiger partial charge in [-0.25, -0.2) is 12.8 Å². The zero-order chi connectivity index (χ0) is 27.6. The van der Waals surface area contributed by atoms with E-state index in [9.17, 15) is 17.6 Å². The number of hydrogen-bond donors (Lipinski definition) is 1. The van der Waals surface area contributed by atoms with Gasteiger partial charge in [-0.1, -0.05) is 35.3 Å². The molecule has 0 spiro atoms. The highest BCUT2D eigenvalue weighted by atomic mass is 35.5. The predicted molar refractivity (Wildman–Crippen MR) is 149 cm³/mol. The first kappa shape index (κ1) is 27.3. The summed E-state index contributed by atoms with van der Waals surface area (Å²) in [4.78, 5) is 16.8. The van der Waals surface area contributed by atoms with Crippen molar-refractivity contribution in [1.29, 1.82) is 0 Å². The molecule has 200 valence electrons. The molecule has 0 saturated heterocycles. The number of aromatic nitrogens is 1. The number of carbonyl (C=O) groups excluding carboxylic acids is 1. The fourth-order valence-electron chi connectivity index (χ4n) is 4.43. The van der Waals surface area contributed by atoms with E-state index in [1.165, 1.54) is 40.7 Å². The Balaban J connectivity index is 1.34. The average Bonchev–Trinajstić information content (AvgIpc) is 3.74. The smallest absolute Gasteiger partial charge is 0.243 e. The molecular weight excluding hydrogens is 560 g/mol. The zero-order valence-electron chi connectivity index (χ0n) is 20.6. The Morgan fingerprint density at radius 1 is 0.949 bits per heavy atom. The van der Waals surface area contributed by atoms with Gasteiger partial charge in [0.2, 0.25) is 15.9 Å². The third-order valence-corrected chi connectivity index (χ3v) is 9.06. The van der Waals surface area contributed by atoms with Crippen molar-refractivity contribution in [2.75, 3.05) is 5.32 Å². The second-order valence-corrected chi connectivity index (χ2v) is 12.2. The van der Waals surface area contributed by atoms with Gasteiger partial charge in [-0.3, -0.25) is 9.78 Å². The van der Waals surface area contributed by atoms with Crippen molar-refractivity contribution in [1.82, 2.24) is 9.29 Å². The van der Waals surface area contributed by atoms with E-state index in [4.69, 9.17) is 23.2 Å². The standard InChI is InChI=1S/C29H24Cl2FN3O3S/c30-22-3-10-28(31)21(15-22)18-35(17-19-1-4-23(32)5-2-19)39(37,38)25-8-6-24(7-9-25)34-29(36)27-16-26(27)20-11-13-33-14-12-20/h1-15,26-27H,16-18H2,(H,34,36). The molecule has 2 unspecified atom stereocenters. The molecule has 5 rings (SSSR count). The minimum atomic E-state index is -4.01. The molecule has 4 aromatic rings. The largest absolute Gasteiger partial charge is 0.326 e. The molecule has 1 saturated carbocycles. The number of pyridine rings is 1. The SMILES string of the molecule is O=C(Nc1ccc(S(=O)(=O)N(Cc2ccc(F)cc2)Cc2cc(Cl)ccc2Cl)cc1)C1CC1c1ccncc1. The summed E-state index contributed by atoms with van der Waals surface area (Å²) >= 11 is 12.5. The van der Waals surface area contributed by atoms with E-state index < -0.39 is 15.8 Å². The highest BCUT2D eigenvalue weighted by molar-refractivity contribution is 7.89. The molecule has 1 fully saturated rings. The Bertz CT molecular complexity index is 1580. The van der Waals surface area contributed by atoms with Crippen molar-refractivity contribution in [3.8, 4) is 0 Å². The van der Waals surface area contributed by atoms with Crippen molar-refractivity contribution in [2.45, 2.75) is 30.3 Å². The Morgan fingerprint density at radius 3 is 2.33 bits per heavy atom. The van der Waals surface area contributed by atoms with Crippen LogP contribution in [0.15, 0.2) is 96.2 Å². The number of benzene rings is 3. The maximum Gasteiger partial charge on any atom is 0.243 e. The molecule has 2 atom stereocenters. The molecule has 10 heteroatoms. The molecule has 3 aromatic carbocycles. The lowest BCUT2D eigenvalue weighted by Crippen LogP contribution is -2.30. The molecule has 0 bridgehead atoms. The third kappa shape index (κ3) is 6.47. The third-order valence-electron chi connectivity index (χ3n) is 6.65. The zero-order valence-corrected chi connectivity index (χ0v) is 22.9.